The maximum atomic E-state index is 13.5. The van der Waals surface area contributed by atoms with Crippen LogP contribution in [0.1, 0.15) is 105 Å². The Balaban J connectivity index is 1.09. The van der Waals surface area contributed by atoms with Crippen LogP contribution in [0.3, 0.4) is 0 Å². The number of hydrogen-bond acceptors (Lipinski definition) is 6. The van der Waals surface area contributed by atoms with Crippen LogP contribution in [-0.4, -0.2) is 56.9 Å². The molecule has 2 aromatic heterocycles. The van der Waals surface area contributed by atoms with Gasteiger partial charge in [-0.25, -0.2) is 9.97 Å². The summed E-state index contributed by atoms with van der Waals surface area (Å²) in [7, 11) is 0. The molecule has 3 aromatic rings. The van der Waals surface area contributed by atoms with Crippen molar-refractivity contribution in [1.82, 2.24) is 20.2 Å². The maximum absolute atomic E-state index is 13.5. The highest BCUT2D eigenvalue weighted by molar-refractivity contribution is 7.14. The van der Waals surface area contributed by atoms with Crippen LogP contribution >= 0.6 is 11.3 Å². The number of nitrogens with zero attached hydrogens (tertiary/aromatic N) is 3. The van der Waals surface area contributed by atoms with Gasteiger partial charge in [-0.05, 0) is 78.5 Å². The van der Waals surface area contributed by atoms with Crippen molar-refractivity contribution in [3.8, 4) is 11.4 Å². The molecule has 0 radical (unpaired) electrons. The first-order chi connectivity index (χ1) is 23.5. The normalized spacial score (nSPS) is 22.2. The van der Waals surface area contributed by atoms with E-state index in [-0.39, 0.29) is 36.7 Å². The number of allylic oxidation sites excluding steroid dienone is 2. The second-order valence-corrected chi connectivity index (χ2v) is 16.5. The van der Waals surface area contributed by atoms with Gasteiger partial charge in [0.25, 0.3) is 5.91 Å². The first kappa shape index (κ1) is 35.0. The minimum atomic E-state index is -0.910. The summed E-state index contributed by atoms with van der Waals surface area (Å²) in [6.07, 6.45) is 17.0. The summed E-state index contributed by atoms with van der Waals surface area (Å²) in [6, 6.07) is 10.7. The minimum Gasteiger partial charge on any atom is -0.481 e. The molecule has 2 amide bonds. The second-order valence-electron chi connectivity index (χ2n) is 15.4. The highest BCUT2D eigenvalue weighted by atomic mass is 32.1. The molecule has 1 saturated carbocycles. The van der Waals surface area contributed by atoms with E-state index in [0.29, 0.717) is 10.7 Å². The first-order valence-corrected chi connectivity index (χ1v) is 18.8. The number of carbonyl (C=O) groups excluding carboxylic acids is 2. The number of likely N-dealkylation sites (tertiary alicyclic amines) is 1. The molecule has 2 fully saturated rings. The van der Waals surface area contributed by atoms with Crippen molar-refractivity contribution in [3.05, 3.63) is 75.7 Å². The zero-order valence-corrected chi connectivity index (χ0v) is 30.1. The van der Waals surface area contributed by atoms with Crippen molar-refractivity contribution >= 4 is 34.7 Å². The van der Waals surface area contributed by atoms with Gasteiger partial charge in [-0.3, -0.25) is 14.4 Å². The van der Waals surface area contributed by atoms with E-state index in [1.165, 1.54) is 60.3 Å². The molecule has 3 heterocycles. The van der Waals surface area contributed by atoms with Crippen LogP contribution in [0.25, 0.3) is 17.0 Å². The highest BCUT2D eigenvalue weighted by Gasteiger charge is 2.39. The molecule has 8 nitrogen and oxygen atoms in total. The lowest BCUT2D eigenvalue weighted by atomic mass is 9.71. The van der Waals surface area contributed by atoms with Crippen LogP contribution in [0.2, 0.25) is 0 Å². The van der Waals surface area contributed by atoms with Gasteiger partial charge in [0.2, 0.25) is 5.91 Å². The number of aliphatic carboxylic acids is 1. The third-order valence-corrected chi connectivity index (χ3v) is 12.5. The Morgan fingerprint density at radius 3 is 2.20 bits per heavy atom. The molecule has 2 aliphatic carbocycles. The van der Waals surface area contributed by atoms with Gasteiger partial charge < -0.3 is 15.3 Å². The minimum absolute atomic E-state index is 0.0859. The number of hydrogen-bond donors (Lipinski definition) is 2. The number of rotatable bonds is 10. The van der Waals surface area contributed by atoms with Crippen molar-refractivity contribution in [1.29, 1.82) is 0 Å². The monoisotopic (exact) mass is 682 g/mol. The number of aromatic nitrogens is 2. The van der Waals surface area contributed by atoms with Gasteiger partial charge in [-0.15, -0.1) is 11.3 Å². The summed E-state index contributed by atoms with van der Waals surface area (Å²) in [6.45, 7) is 8.92. The van der Waals surface area contributed by atoms with Gasteiger partial charge in [0.15, 0.2) is 5.82 Å². The van der Waals surface area contributed by atoms with Gasteiger partial charge in [0, 0.05) is 47.9 Å². The molecule has 6 rings (SSSR count). The molecule has 3 aliphatic rings. The van der Waals surface area contributed by atoms with E-state index in [1.54, 1.807) is 6.07 Å². The largest absolute Gasteiger partial charge is 0.481 e. The molecule has 2 atom stereocenters. The molecule has 1 aliphatic heterocycles. The summed E-state index contributed by atoms with van der Waals surface area (Å²) in [5, 5.41) is 12.3. The quantitative estimate of drug-likeness (QED) is 0.226. The molecular weight excluding hydrogens is 633 g/mol. The van der Waals surface area contributed by atoms with Crippen LogP contribution in [0, 0.1) is 23.7 Å². The number of carbonyl (C=O) groups is 3. The lowest BCUT2D eigenvalue weighted by molar-refractivity contribution is -0.153. The maximum Gasteiger partial charge on any atom is 0.310 e. The Bertz CT molecular complexity index is 1660. The van der Waals surface area contributed by atoms with Gasteiger partial charge in [0.1, 0.15) is 6.04 Å². The van der Waals surface area contributed by atoms with Crippen LogP contribution < -0.4 is 5.32 Å². The first-order valence-electron chi connectivity index (χ1n) is 18.0. The predicted molar refractivity (Wildman–Crippen MR) is 194 cm³/mol. The fourth-order valence-electron chi connectivity index (χ4n) is 7.61. The molecule has 9 heteroatoms. The molecule has 0 bridgehead atoms. The van der Waals surface area contributed by atoms with E-state index in [9.17, 15) is 19.5 Å². The Hall–Kier alpha value is -3.85. The van der Waals surface area contributed by atoms with Crippen molar-refractivity contribution in [2.24, 2.45) is 23.7 Å². The molecule has 49 heavy (non-hydrogen) atoms. The van der Waals surface area contributed by atoms with E-state index in [2.05, 4.69) is 39.1 Å². The summed E-state index contributed by atoms with van der Waals surface area (Å²) in [5.74, 6) is 1.23. The second kappa shape index (κ2) is 15.0. The SMILES string of the molecule is CCC1CCC([C@H]2CC=C(c3cnc(-c4ccc(C[C@H](NC(=O)c5ccc(C(C)(C)C)s5)C(=O)N5CC(C(=O)O)C5)cc4)nc3)CC2)CC1. The van der Waals surface area contributed by atoms with Crippen molar-refractivity contribution in [2.75, 3.05) is 13.1 Å². The van der Waals surface area contributed by atoms with E-state index < -0.39 is 17.9 Å². The highest BCUT2D eigenvalue weighted by Crippen LogP contribution is 2.41. The fourth-order valence-corrected chi connectivity index (χ4v) is 8.58. The molecule has 2 N–H and O–H groups in total. The van der Waals surface area contributed by atoms with Gasteiger partial charge >= 0.3 is 5.97 Å². The lowest BCUT2D eigenvalue weighted by Crippen LogP contribution is -2.59. The van der Waals surface area contributed by atoms with Gasteiger partial charge in [-0.2, -0.15) is 0 Å². The Morgan fingerprint density at radius 1 is 0.939 bits per heavy atom. The van der Waals surface area contributed by atoms with Gasteiger partial charge in [-0.1, -0.05) is 77.3 Å². The molecular formula is C40H50N4O4S. The van der Waals surface area contributed by atoms with Crippen LogP contribution in [0.5, 0.6) is 0 Å². The zero-order valence-electron chi connectivity index (χ0n) is 29.3. The standard InChI is InChI=1S/C40H50N4O4S/c1-5-25-6-10-27(11-7-25)28-14-16-29(17-15-28)31-21-41-36(42-22-31)30-12-8-26(9-13-30)20-33(38(46)44-23-32(24-44)39(47)48)43-37(45)34-18-19-35(49-34)40(2,3)4/h8-9,12-13,16,18-19,21-22,25,27-28,32-33H,5-7,10-11,14-15,17,20,23-24H2,1-4H3,(H,43,45)(H,47,48)/t25?,27?,28-,33-/m0/s1. The summed E-state index contributed by atoms with van der Waals surface area (Å²) in [5.41, 5.74) is 4.12. The molecule has 1 aromatic carbocycles. The van der Waals surface area contributed by atoms with Crippen LogP contribution in [-0.2, 0) is 21.4 Å². The van der Waals surface area contributed by atoms with Crippen molar-refractivity contribution in [3.63, 3.8) is 0 Å². The number of thiophene rings is 1. The molecule has 1 saturated heterocycles. The third kappa shape index (κ3) is 8.31. The topological polar surface area (TPSA) is 112 Å². The molecule has 0 spiro atoms. The summed E-state index contributed by atoms with van der Waals surface area (Å²) < 4.78 is 0. The molecule has 0 unspecified atom stereocenters. The number of amides is 2. The Labute approximate surface area is 294 Å². The van der Waals surface area contributed by atoms with Crippen LogP contribution in [0.4, 0.5) is 0 Å². The number of nitrogens with one attached hydrogen (secondary N) is 1. The van der Waals surface area contributed by atoms with E-state index in [4.69, 9.17) is 9.97 Å². The number of benzene rings is 1. The Kier molecular flexibility index (Phi) is 10.7. The zero-order chi connectivity index (χ0) is 34.7. The summed E-state index contributed by atoms with van der Waals surface area (Å²) in [4.78, 5) is 50.7. The van der Waals surface area contributed by atoms with Crippen LogP contribution in [0.15, 0.2) is 54.9 Å². The number of carboxylic acid groups (broad SMARTS) is 1. The Morgan fingerprint density at radius 2 is 1.63 bits per heavy atom. The third-order valence-electron chi connectivity index (χ3n) is 11.0. The van der Waals surface area contributed by atoms with Gasteiger partial charge in [0.05, 0.1) is 10.8 Å². The number of carboxylic acids is 1. The summed E-state index contributed by atoms with van der Waals surface area (Å²) >= 11 is 1.42. The fraction of sp³-hybridized carbons (Fsp3) is 0.525. The van der Waals surface area contributed by atoms with E-state index in [1.807, 2.05) is 42.7 Å². The van der Waals surface area contributed by atoms with Crippen molar-refractivity contribution < 1.29 is 19.5 Å². The predicted octanol–water partition coefficient (Wildman–Crippen LogP) is 7.79. The smallest absolute Gasteiger partial charge is 0.310 e. The lowest BCUT2D eigenvalue weighted by Gasteiger charge is -2.38. The van der Waals surface area contributed by atoms with Crippen molar-refractivity contribution in [2.45, 2.75) is 96.9 Å². The average molecular weight is 683 g/mol. The van der Waals surface area contributed by atoms with E-state index in [0.717, 1.165) is 52.2 Å². The molecule has 260 valence electrons. The average Bonchev–Trinajstić information content (AvgIpc) is 3.60. The van der Waals surface area contributed by atoms with E-state index >= 15 is 0 Å².